The Morgan fingerprint density at radius 3 is 2.09 bits per heavy atom. The van der Waals surface area contributed by atoms with E-state index in [-0.39, 0.29) is 63.4 Å². The number of phenolic OH excluding ortho intramolecular Hbond substituents is 1. The third-order valence-electron chi connectivity index (χ3n) is 11.9. The Morgan fingerprint density at radius 1 is 0.843 bits per heavy atom. The van der Waals surface area contributed by atoms with Crippen molar-refractivity contribution in [3.05, 3.63) is 48.0 Å². The smallest absolute Gasteiger partial charge is 0.326 e. The second-order valence-corrected chi connectivity index (χ2v) is 17.7. The van der Waals surface area contributed by atoms with E-state index in [4.69, 9.17) is 16.2 Å². The van der Waals surface area contributed by atoms with Gasteiger partial charge < -0.3 is 73.5 Å². The van der Waals surface area contributed by atoms with E-state index < -0.39 is 101 Å². The van der Waals surface area contributed by atoms with Crippen molar-refractivity contribution in [1.82, 2.24) is 52.1 Å². The number of nitrogens with zero attached hydrogens (tertiary/aromatic N) is 3. The molecular weight excluding hydrogens is 911 g/mol. The minimum Gasteiger partial charge on any atom is -0.508 e. The summed E-state index contributed by atoms with van der Waals surface area (Å²) in [7, 11) is 3.05. The Kier molecular flexibility index (Phi) is 24.0. The molecule has 0 spiro atoms. The molecule has 0 aliphatic carbocycles. The molecule has 0 radical (unpaired) electrons. The van der Waals surface area contributed by atoms with Crippen molar-refractivity contribution in [3.63, 3.8) is 0 Å². The number of aromatic nitrogens is 2. The predicted molar refractivity (Wildman–Crippen MR) is 257 cm³/mol. The second kappa shape index (κ2) is 29.3. The van der Waals surface area contributed by atoms with Gasteiger partial charge in [-0.2, -0.15) is 0 Å². The van der Waals surface area contributed by atoms with Gasteiger partial charge in [-0.3, -0.25) is 38.6 Å². The van der Waals surface area contributed by atoms with Crippen LogP contribution in [-0.4, -0.2) is 161 Å². The molecule has 3 rings (SSSR count). The molecule has 7 amide bonds. The van der Waals surface area contributed by atoms with E-state index in [2.05, 4.69) is 52.2 Å². The number of likely N-dealkylation sites (N-methyl/N-ethyl adjacent to an activating group) is 1. The number of carboxylic acids is 1. The molecule has 1 fully saturated rings. The molecule has 24 heteroatoms. The maximum Gasteiger partial charge on any atom is 0.326 e. The highest BCUT2D eigenvalue weighted by Gasteiger charge is 2.41. The number of nitrogens with one attached hydrogen (secondary N) is 8. The number of phenols is 1. The first kappa shape index (κ1) is 57.5. The largest absolute Gasteiger partial charge is 0.508 e. The van der Waals surface area contributed by atoms with Crippen molar-refractivity contribution in [2.75, 3.05) is 40.4 Å². The van der Waals surface area contributed by atoms with E-state index in [1.54, 1.807) is 46.9 Å². The van der Waals surface area contributed by atoms with Crippen LogP contribution in [0.4, 0.5) is 0 Å². The van der Waals surface area contributed by atoms with Gasteiger partial charge in [-0.05, 0) is 75.1 Å². The van der Waals surface area contributed by atoms with Crippen LogP contribution in [0.15, 0.2) is 41.8 Å². The van der Waals surface area contributed by atoms with Crippen LogP contribution in [0.1, 0.15) is 83.9 Å². The molecular formula is C46H73N13O11. The minimum absolute atomic E-state index is 0.0398. The summed E-state index contributed by atoms with van der Waals surface area (Å²) in [5.74, 6) is -7.13. The van der Waals surface area contributed by atoms with Crippen molar-refractivity contribution in [1.29, 1.82) is 0 Å². The van der Waals surface area contributed by atoms with Crippen LogP contribution in [0, 0.1) is 11.8 Å². The van der Waals surface area contributed by atoms with E-state index in [0.29, 0.717) is 43.5 Å². The number of hydrogen-bond acceptors (Lipinski definition) is 13. The van der Waals surface area contributed by atoms with E-state index in [1.165, 1.54) is 36.7 Å². The number of rotatable bonds is 30. The number of aromatic amines is 1. The number of benzene rings is 1. The van der Waals surface area contributed by atoms with Crippen LogP contribution in [0.5, 0.6) is 5.75 Å². The highest BCUT2D eigenvalue weighted by atomic mass is 16.5. The summed E-state index contributed by atoms with van der Waals surface area (Å²) in [6.07, 6.45) is 4.67. The molecule has 8 atom stereocenters. The maximum absolute atomic E-state index is 14.5. The first-order valence-electron chi connectivity index (χ1n) is 23.6. The van der Waals surface area contributed by atoms with E-state index in [0.717, 1.165) is 0 Å². The van der Waals surface area contributed by atoms with E-state index in [9.17, 15) is 48.6 Å². The van der Waals surface area contributed by atoms with Crippen molar-refractivity contribution in [3.8, 4) is 5.75 Å². The number of hydrogen-bond donors (Lipinski definition) is 12. The standard InChI is InChI=1S/C46H73N13O11/c1-7-27(4)38(43(66)56-34(22-29-23-50-25-52-29)44(67)59-19-9-13-35(59)41(64)54-32(45(68)69)12-10-20-70-6)58-40(63)33(21-28-14-16-30(60)17-15-28)55-42(65)37(26(2)3)57-39(62)31(53-36(61)24-49-5)11-8-18-51-46(47)48/h14-17,23,25-27,31-35,37-38,49,60H,7-13,18-22,24H2,1-6H3,(H,50,52)(H,53,61)(H,54,64)(H,55,65)(H,56,66)(H,57,62)(H,58,63)(H,68,69)(H4,47,48,51)/t27-,31-,32-,33-,34-,35-,37-,38-/m0/s1. The highest BCUT2D eigenvalue weighted by Crippen LogP contribution is 2.21. The van der Waals surface area contributed by atoms with Crippen molar-refractivity contribution in [2.45, 2.75) is 128 Å². The number of nitrogens with two attached hydrogens (primary N) is 2. The molecule has 24 nitrogen and oxygen atoms in total. The lowest BCUT2D eigenvalue weighted by Crippen LogP contribution is -2.62. The van der Waals surface area contributed by atoms with Crippen LogP contribution in [0.25, 0.3) is 0 Å². The fourth-order valence-corrected chi connectivity index (χ4v) is 7.80. The molecule has 1 aromatic carbocycles. The Bertz CT molecular complexity index is 2070. The number of likely N-dealkylation sites (tertiary alicyclic amines) is 1. The van der Waals surface area contributed by atoms with Crippen molar-refractivity contribution in [2.24, 2.45) is 28.3 Å². The van der Waals surface area contributed by atoms with Crippen LogP contribution >= 0.6 is 0 Å². The quantitative estimate of drug-likeness (QED) is 0.0236. The zero-order valence-corrected chi connectivity index (χ0v) is 40.9. The summed E-state index contributed by atoms with van der Waals surface area (Å²) >= 11 is 0. The predicted octanol–water partition coefficient (Wildman–Crippen LogP) is -1.71. The number of aliphatic carboxylic acids is 1. The molecule has 0 unspecified atom stereocenters. The van der Waals surface area contributed by atoms with Gasteiger partial charge in [-0.1, -0.05) is 46.2 Å². The van der Waals surface area contributed by atoms with Gasteiger partial charge in [0.15, 0.2) is 5.96 Å². The van der Waals surface area contributed by atoms with Gasteiger partial charge in [0, 0.05) is 51.5 Å². The van der Waals surface area contributed by atoms with Crippen molar-refractivity contribution >= 4 is 53.3 Å². The Morgan fingerprint density at radius 2 is 1.49 bits per heavy atom. The molecule has 14 N–H and O–H groups in total. The zero-order valence-electron chi connectivity index (χ0n) is 40.9. The van der Waals surface area contributed by atoms with Crippen LogP contribution in [-0.2, 0) is 55.9 Å². The summed E-state index contributed by atoms with van der Waals surface area (Å²) < 4.78 is 5.03. The normalized spacial score (nSPS) is 16.3. The fraction of sp³-hybridized carbons (Fsp3) is 0.609. The second-order valence-electron chi connectivity index (χ2n) is 17.7. The van der Waals surface area contributed by atoms with Crippen molar-refractivity contribution < 1.29 is 53.3 Å². The number of carbonyl (C=O) groups is 8. The molecule has 0 saturated carbocycles. The number of carbonyl (C=O) groups excluding carboxylic acids is 7. The molecule has 2 aromatic rings. The van der Waals surface area contributed by atoms with Gasteiger partial charge in [-0.25, -0.2) is 9.78 Å². The summed E-state index contributed by atoms with van der Waals surface area (Å²) in [6, 6.07) is -2.48. The first-order valence-corrected chi connectivity index (χ1v) is 23.6. The topological polar surface area (TPSA) is 367 Å². The Hall–Kier alpha value is -6.82. The molecule has 1 aromatic heterocycles. The SMILES string of the molecule is CC[C@H](C)[C@H](NC(=O)[C@H](Cc1ccc(O)cc1)NC(=O)[C@@H](NC(=O)[C@H](CCCN=C(N)N)NC(=O)CNC)C(C)C)C(=O)N[C@@H](Cc1cnc[nH]1)C(=O)N1CCC[C@H]1C(=O)N[C@@H](CCCOC)C(=O)O. The molecule has 70 heavy (non-hydrogen) atoms. The molecule has 1 saturated heterocycles. The lowest BCUT2D eigenvalue weighted by atomic mass is 9.96. The third-order valence-corrected chi connectivity index (χ3v) is 11.9. The summed E-state index contributed by atoms with van der Waals surface area (Å²) in [4.78, 5) is 122. The third kappa shape index (κ3) is 18.6. The number of H-pyrrole nitrogens is 1. The van der Waals surface area contributed by atoms with Crippen LogP contribution < -0.4 is 48.7 Å². The van der Waals surface area contributed by atoms with Gasteiger partial charge in [0.25, 0.3) is 0 Å². The summed E-state index contributed by atoms with van der Waals surface area (Å²) in [5.41, 5.74) is 11.9. The minimum atomic E-state index is -1.35. The fourth-order valence-electron chi connectivity index (χ4n) is 7.80. The monoisotopic (exact) mass is 984 g/mol. The molecule has 1 aliphatic heterocycles. The number of guanidine groups is 1. The highest BCUT2D eigenvalue weighted by molar-refractivity contribution is 5.98. The van der Waals surface area contributed by atoms with E-state index in [1.807, 2.05) is 0 Å². The van der Waals surface area contributed by atoms with Gasteiger partial charge in [-0.15, -0.1) is 0 Å². The zero-order chi connectivity index (χ0) is 51.9. The maximum atomic E-state index is 14.5. The number of imidazole rings is 1. The molecule has 388 valence electrons. The van der Waals surface area contributed by atoms with Crippen LogP contribution in [0.2, 0.25) is 0 Å². The lowest BCUT2D eigenvalue weighted by Gasteiger charge is -2.32. The summed E-state index contributed by atoms with van der Waals surface area (Å²) in [6.45, 7) is 7.44. The molecule has 1 aliphatic rings. The first-order chi connectivity index (χ1) is 33.3. The average molecular weight is 984 g/mol. The van der Waals surface area contributed by atoms with Gasteiger partial charge in [0.1, 0.15) is 48.0 Å². The van der Waals surface area contributed by atoms with Gasteiger partial charge in [0.2, 0.25) is 41.4 Å². The molecule has 2 heterocycles. The number of aliphatic imine (C=N–C) groups is 1. The summed E-state index contributed by atoms with van der Waals surface area (Å²) in [5, 5.41) is 38.8. The van der Waals surface area contributed by atoms with Gasteiger partial charge in [0.05, 0.1) is 12.9 Å². The van der Waals surface area contributed by atoms with Gasteiger partial charge >= 0.3 is 5.97 Å². The van der Waals surface area contributed by atoms with E-state index >= 15 is 0 Å². The number of amides is 7. The van der Waals surface area contributed by atoms with Crippen LogP contribution in [0.3, 0.4) is 0 Å². The number of ether oxygens (including phenoxy) is 1. The Labute approximate surface area is 408 Å². The number of carboxylic acid groups (broad SMARTS) is 1. The Balaban J connectivity index is 1.91. The molecule has 0 bridgehead atoms. The number of aromatic hydroxyl groups is 1. The lowest BCUT2D eigenvalue weighted by molar-refractivity contribution is -0.145. The average Bonchev–Trinajstić information content (AvgIpc) is 4.03. The number of methoxy groups -OCH3 is 1.